The molecule has 0 radical (unpaired) electrons. The number of benzene rings is 2. The number of anilines is 1. The van der Waals surface area contributed by atoms with Crippen LogP contribution in [0.25, 0.3) is 22.6 Å². The van der Waals surface area contributed by atoms with Gasteiger partial charge >= 0.3 is 0 Å². The molecule has 3 aromatic rings. The predicted octanol–water partition coefficient (Wildman–Crippen LogP) is 3.39. The van der Waals surface area contributed by atoms with Crippen molar-refractivity contribution in [2.24, 2.45) is 0 Å². The van der Waals surface area contributed by atoms with E-state index in [0.29, 0.717) is 17.3 Å². The van der Waals surface area contributed by atoms with E-state index in [-0.39, 0.29) is 0 Å². The molecule has 0 fully saturated rings. The molecule has 96 valence electrons. The van der Waals surface area contributed by atoms with Gasteiger partial charge in [-0.15, -0.1) is 0 Å². The van der Waals surface area contributed by atoms with Crippen LogP contribution in [0, 0.1) is 6.92 Å². The Hall–Kier alpha value is -2.49. The first-order valence-electron chi connectivity index (χ1n) is 5.99. The predicted molar refractivity (Wildman–Crippen MR) is 75.1 cm³/mol. The third kappa shape index (κ3) is 1.81. The smallest absolute Gasteiger partial charge is 0.231 e. The molecule has 0 saturated carbocycles. The summed E-state index contributed by atoms with van der Waals surface area (Å²) in [6, 6.07) is 11.5. The highest BCUT2D eigenvalue weighted by molar-refractivity contribution is 5.80. The van der Waals surface area contributed by atoms with E-state index in [0.717, 1.165) is 22.2 Å². The summed E-state index contributed by atoms with van der Waals surface area (Å²) in [5, 5.41) is 0. The number of para-hydroxylation sites is 2. The van der Waals surface area contributed by atoms with Crippen molar-refractivity contribution >= 4 is 16.8 Å². The number of nitrogens with two attached hydrogens (primary N) is 1. The quantitative estimate of drug-likeness (QED) is 0.712. The Morgan fingerprint density at radius 2 is 1.95 bits per heavy atom. The number of aryl methyl sites for hydroxylation is 1. The molecule has 0 saturated heterocycles. The van der Waals surface area contributed by atoms with E-state index in [4.69, 9.17) is 14.9 Å². The molecule has 0 aliphatic carbocycles. The average molecular weight is 254 g/mol. The second kappa shape index (κ2) is 4.31. The molecule has 0 bridgehead atoms. The fraction of sp³-hybridized carbons (Fsp3) is 0.133. The molecule has 0 spiro atoms. The van der Waals surface area contributed by atoms with Crippen molar-refractivity contribution in [1.82, 2.24) is 4.98 Å². The number of rotatable bonds is 2. The number of fused-ring (bicyclic) bond motifs is 1. The van der Waals surface area contributed by atoms with Gasteiger partial charge in [-0.05, 0) is 30.7 Å². The lowest BCUT2D eigenvalue weighted by molar-refractivity contribution is 0.416. The lowest BCUT2D eigenvalue weighted by Crippen LogP contribution is -1.97. The zero-order chi connectivity index (χ0) is 13.4. The summed E-state index contributed by atoms with van der Waals surface area (Å²) < 4.78 is 11.1. The summed E-state index contributed by atoms with van der Waals surface area (Å²) in [4.78, 5) is 4.46. The van der Waals surface area contributed by atoms with Crippen LogP contribution in [0.3, 0.4) is 0 Å². The lowest BCUT2D eigenvalue weighted by Gasteiger charge is -2.10. The summed E-state index contributed by atoms with van der Waals surface area (Å²) in [6.45, 7) is 1.94. The van der Waals surface area contributed by atoms with E-state index >= 15 is 0 Å². The van der Waals surface area contributed by atoms with Crippen molar-refractivity contribution < 1.29 is 9.15 Å². The van der Waals surface area contributed by atoms with E-state index in [1.807, 2.05) is 43.3 Å². The van der Waals surface area contributed by atoms with E-state index in [1.165, 1.54) is 0 Å². The molecule has 4 heteroatoms. The summed E-state index contributed by atoms with van der Waals surface area (Å²) >= 11 is 0. The van der Waals surface area contributed by atoms with Crippen LogP contribution in [-0.2, 0) is 0 Å². The normalized spacial score (nSPS) is 10.8. The highest BCUT2D eigenvalue weighted by Crippen LogP contribution is 2.37. The van der Waals surface area contributed by atoms with Gasteiger partial charge in [-0.2, -0.15) is 0 Å². The largest absolute Gasteiger partial charge is 0.494 e. The van der Waals surface area contributed by atoms with E-state index < -0.39 is 0 Å². The first-order valence-corrected chi connectivity index (χ1v) is 5.99. The van der Waals surface area contributed by atoms with Gasteiger partial charge in [-0.3, -0.25) is 0 Å². The van der Waals surface area contributed by atoms with E-state index in [2.05, 4.69) is 4.98 Å². The van der Waals surface area contributed by atoms with Gasteiger partial charge in [-0.1, -0.05) is 18.2 Å². The van der Waals surface area contributed by atoms with Crippen LogP contribution in [0.15, 0.2) is 40.8 Å². The molecule has 0 amide bonds. The Morgan fingerprint density at radius 3 is 2.68 bits per heavy atom. The van der Waals surface area contributed by atoms with Gasteiger partial charge in [-0.25, -0.2) is 4.98 Å². The number of hydrogen-bond acceptors (Lipinski definition) is 4. The van der Waals surface area contributed by atoms with Crippen molar-refractivity contribution in [3.63, 3.8) is 0 Å². The van der Waals surface area contributed by atoms with Crippen molar-refractivity contribution in [3.05, 3.63) is 42.0 Å². The standard InChI is InChI=1S/C15H14N2O2/c1-9-7-8-10(14(18-2)13(9)16)15-17-11-5-3-4-6-12(11)19-15/h3-8H,16H2,1-2H3. The second-order valence-corrected chi connectivity index (χ2v) is 4.36. The number of aromatic nitrogens is 1. The van der Waals surface area contributed by atoms with Crippen molar-refractivity contribution in [2.75, 3.05) is 12.8 Å². The van der Waals surface area contributed by atoms with Crippen LogP contribution in [0.1, 0.15) is 5.56 Å². The van der Waals surface area contributed by atoms with Crippen LogP contribution < -0.4 is 10.5 Å². The van der Waals surface area contributed by atoms with Gasteiger partial charge in [0, 0.05) is 0 Å². The second-order valence-electron chi connectivity index (χ2n) is 4.36. The number of hydrogen-bond donors (Lipinski definition) is 1. The Labute approximate surface area is 110 Å². The third-order valence-corrected chi connectivity index (χ3v) is 3.14. The molecule has 0 unspecified atom stereocenters. The molecule has 0 atom stereocenters. The first-order chi connectivity index (χ1) is 9.20. The van der Waals surface area contributed by atoms with Crippen LogP contribution in [-0.4, -0.2) is 12.1 Å². The van der Waals surface area contributed by atoms with Crippen molar-refractivity contribution in [2.45, 2.75) is 6.92 Å². The maximum absolute atomic E-state index is 6.03. The Balaban J connectivity index is 2.23. The average Bonchev–Trinajstić information content (AvgIpc) is 2.85. The summed E-state index contributed by atoms with van der Waals surface area (Å²) in [6.07, 6.45) is 0. The molecule has 3 rings (SSSR count). The minimum Gasteiger partial charge on any atom is -0.494 e. The Morgan fingerprint density at radius 1 is 1.16 bits per heavy atom. The van der Waals surface area contributed by atoms with Gasteiger partial charge in [0.15, 0.2) is 11.3 Å². The van der Waals surface area contributed by atoms with Gasteiger partial charge in [0.25, 0.3) is 0 Å². The lowest BCUT2D eigenvalue weighted by atomic mass is 10.1. The Kier molecular flexibility index (Phi) is 2.63. The van der Waals surface area contributed by atoms with Crippen LogP contribution in [0.5, 0.6) is 5.75 Å². The SMILES string of the molecule is COc1c(-c2nc3ccccc3o2)ccc(C)c1N. The maximum Gasteiger partial charge on any atom is 0.231 e. The summed E-state index contributed by atoms with van der Waals surface area (Å²) in [5.74, 6) is 1.12. The molecule has 1 aromatic heterocycles. The molecule has 1 heterocycles. The first kappa shape index (κ1) is 11.6. The third-order valence-electron chi connectivity index (χ3n) is 3.14. The topological polar surface area (TPSA) is 61.3 Å². The summed E-state index contributed by atoms with van der Waals surface area (Å²) in [7, 11) is 1.59. The zero-order valence-corrected chi connectivity index (χ0v) is 10.8. The minimum atomic E-state index is 0.518. The highest BCUT2D eigenvalue weighted by atomic mass is 16.5. The number of nitrogen functional groups attached to an aromatic ring is 1. The van der Waals surface area contributed by atoms with Gasteiger partial charge < -0.3 is 14.9 Å². The molecule has 2 aromatic carbocycles. The zero-order valence-electron chi connectivity index (χ0n) is 10.8. The molecule has 19 heavy (non-hydrogen) atoms. The molecule has 0 aliphatic heterocycles. The maximum atomic E-state index is 6.03. The monoisotopic (exact) mass is 254 g/mol. The number of ether oxygens (including phenoxy) is 1. The molecule has 4 nitrogen and oxygen atoms in total. The van der Waals surface area contributed by atoms with Gasteiger partial charge in [0.1, 0.15) is 5.52 Å². The van der Waals surface area contributed by atoms with E-state index in [9.17, 15) is 0 Å². The van der Waals surface area contributed by atoms with E-state index in [1.54, 1.807) is 7.11 Å². The molecule has 0 aliphatic rings. The minimum absolute atomic E-state index is 0.518. The van der Waals surface area contributed by atoms with Gasteiger partial charge in [0.2, 0.25) is 5.89 Å². The van der Waals surface area contributed by atoms with Crippen molar-refractivity contribution in [3.8, 4) is 17.2 Å². The Bertz CT molecular complexity index is 714. The number of methoxy groups -OCH3 is 1. The van der Waals surface area contributed by atoms with Gasteiger partial charge in [0.05, 0.1) is 18.4 Å². The van der Waals surface area contributed by atoms with Crippen LogP contribution in [0.4, 0.5) is 5.69 Å². The molecular weight excluding hydrogens is 240 g/mol. The summed E-state index contributed by atoms with van der Waals surface area (Å²) in [5.41, 5.74) is 9.95. The fourth-order valence-electron chi connectivity index (χ4n) is 2.07. The fourth-order valence-corrected chi connectivity index (χ4v) is 2.07. The van der Waals surface area contributed by atoms with Crippen LogP contribution in [0.2, 0.25) is 0 Å². The molecular formula is C15H14N2O2. The molecule has 2 N–H and O–H groups in total. The van der Waals surface area contributed by atoms with Crippen molar-refractivity contribution in [1.29, 1.82) is 0 Å². The van der Waals surface area contributed by atoms with Crippen LogP contribution >= 0.6 is 0 Å². The number of oxazole rings is 1. The number of nitrogens with zero attached hydrogens (tertiary/aromatic N) is 1. The highest BCUT2D eigenvalue weighted by Gasteiger charge is 2.16.